The Bertz CT molecular complexity index is 69.3. The highest BCUT2D eigenvalue weighted by atomic mass is 16.5. The summed E-state index contributed by atoms with van der Waals surface area (Å²) in [4.78, 5) is 9.67. The number of rotatable bonds is 5. The van der Waals surface area contributed by atoms with E-state index in [2.05, 4.69) is 13.8 Å². The SMILES string of the molecule is CC(C)CCO[CH]C=O. The van der Waals surface area contributed by atoms with E-state index in [1.165, 1.54) is 6.61 Å². The van der Waals surface area contributed by atoms with Crippen LogP contribution in [0.4, 0.5) is 0 Å². The van der Waals surface area contributed by atoms with E-state index in [0.29, 0.717) is 18.8 Å². The van der Waals surface area contributed by atoms with Crippen LogP contribution in [0, 0.1) is 12.5 Å². The first kappa shape index (κ1) is 8.63. The molecule has 0 aromatic carbocycles. The lowest BCUT2D eigenvalue weighted by Crippen LogP contribution is -1.96. The molecule has 0 heterocycles. The van der Waals surface area contributed by atoms with E-state index in [1.54, 1.807) is 0 Å². The average Bonchev–Trinajstić information content (AvgIpc) is 1.80. The summed E-state index contributed by atoms with van der Waals surface area (Å²) in [5.41, 5.74) is 0. The number of carbonyl (C=O) groups is 1. The number of aldehydes is 1. The number of ether oxygens (including phenoxy) is 1. The van der Waals surface area contributed by atoms with E-state index in [0.717, 1.165) is 6.42 Å². The molecule has 0 aromatic heterocycles. The molecule has 2 heteroatoms. The van der Waals surface area contributed by atoms with Crippen molar-refractivity contribution in [2.45, 2.75) is 20.3 Å². The van der Waals surface area contributed by atoms with Gasteiger partial charge < -0.3 is 9.53 Å². The van der Waals surface area contributed by atoms with E-state index in [1.807, 2.05) is 0 Å². The minimum atomic E-state index is 0.644. The molecule has 0 aliphatic heterocycles. The molecule has 0 aromatic rings. The molecular formula is C7H13O2. The Kier molecular flexibility index (Phi) is 5.52. The van der Waals surface area contributed by atoms with E-state index < -0.39 is 0 Å². The zero-order chi connectivity index (χ0) is 7.11. The fraction of sp³-hybridized carbons (Fsp3) is 0.714. The largest absolute Gasteiger partial charge is 0.368 e. The van der Waals surface area contributed by atoms with Gasteiger partial charge in [0.05, 0.1) is 0 Å². The van der Waals surface area contributed by atoms with Crippen molar-refractivity contribution in [1.29, 1.82) is 0 Å². The second kappa shape index (κ2) is 5.76. The Hall–Kier alpha value is -0.370. The normalized spacial score (nSPS) is 10.1. The molecule has 0 N–H and O–H groups in total. The van der Waals surface area contributed by atoms with Crippen molar-refractivity contribution in [2.24, 2.45) is 5.92 Å². The van der Waals surface area contributed by atoms with Crippen molar-refractivity contribution in [2.75, 3.05) is 6.61 Å². The molecule has 2 nitrogen and oxygen atoms in total. The van der Waals surface area contributed by atoms with Crippen molar-refractivity contribution >= 4 is 6.29 Å². The summed E-state index contributed by atoms with van der Waals surface area (Å²) in [5.74, 6) is 0.644. The molecule has 0 rings (SSSR count). The van der Waals surface area contributed by atoms with Crippen molar-refractivity contribution in [3.8, 4) is 0 Å². The zero-order valence-corrected chi connectivity index (χ0v) is 5.96. The molecule has 0 bridgehead atoms. The lowest BCUT2D eigenvalue weighted by Gasteiger charge is -2.01. The van der Waals surface area contributed by atoms with Crippen LogP contribution in [0.15, 0.2) is 0 Å². The van der Waals surface area contributed by atoms with Crippen LogP contribution in [0.5, 0.6) is 0 Å². The van der Waals surface area contributed by atoms with Crippen LogP contribution in [0.1, 0.15) is 20.3 Å². The predicted molar refractivity (Wildman–Crippen MR) is 35.8 cm³/mol. The smallest absolute Gasteiger partial charge is 0.151 e. The highest BCUT2D eigenvalue weighted by Crippen LogP contribution is 1.98. The van der Waals surface area contributed by atoms with Crippen LogP contribution >= 0.6 is 0 Å². The molecule has 0 amide bonds. The van der Waals surface area contributed by atoms with Gasteiger partial charge in [0.1, 0.15) is 6.61 Å². The van der Waals surface area contributed by atoms with Crippen molar-refractivity contribution in [3.05, 3.63) is 6.61 Å². The standard InChI is InChI=1S/C7H13O2/c1-7(2)3-5-9-6-4-8/h4,6-7H,3,5H2,1-2H3. The van der Waals surface area contributed by atoms with Gasteiger partial charge in [-0.15, -0.1) is 0 Å². The van der Waals surface area contributed by atoms with Crippen LogP contribution in [-0.2, 0) is 9.53 Å². The summed E-state index contributed by atoms with van der Waals surface area (Å²) in [6, 6.07) is 0. The predicted octanol–water partition coefficient (Wildman–Crippen LogP) is 1.41. The number of hydrogen-bond acceptors (Lipinski definition) is 2. The lowest BCUT2D eigenvalue weighted by molar-refractivity contribution is -0.108. The summed E-state index contributed by atoms with van der Waals surface area (Å²) in [6.07, 6.45) is 1.66. The molecular weight excluding hydrogens is 116 g/mol. The van der Waals surface area contributed by atoms with Gasteiger partial charge >= 0.3 is 0 Å². The summed E-state index contributed by atoms with van der Waals surface area (Å²) >= 11 is 0. The Morgan fingerprint density at radius 1 is 1.56 bits per heavy atom. The number of carbonyl (C=O) groups excluding carboxylic acids is 1. The molecule has 0 saturated carbocycles. The second-order valence-corrected chi connectivity index (χ2v) is 2.33. The topological polar surface area (TPSA) is 26.3 Å². The Morgan fingerprint density at radius 2 is 2.22 bits per heavy atom. The van der Waals surface area contributed by atoms with Gasteiger partial charge in [0.15, 0.2) is 6.29 Å². The third kappa shape index (κ3) is 7.63. The molecule has 0 spiro atoms. The Balaban J connectivity index is 2.82. The van der Waals surface area contributed by atoms with Gasteiger partial charge in [0, 0.05) is 6.61 Å². The molecule has 0 aliphatic carbocycles. The van der Waals surface area contributed by atoms with Crippen LogP contribution < -0.4 is 0 Å². The lowest BCUT2D eigenvalue weighted by atomic mass is 10.1. The highest BCUT2D eigenvalue weighted by Gasteiger charge is 1.92. The highest BCUT2D eigenvalue weighted by molar-refractivity contribution is 5.58. The fourth-order valence-electron chi connectivity index (χ4n) is 0.411. The van der Waals surface area contributed by atoms with Gasteiger partial charge in [-0.1, -0.05) is 13.8 Å². The minimum Gasteiger partial charge on any atom is -0.368 e. The zero-order valence-electron chi connectivity index (χ0n) is 5.96. The van der Waals surface area contributed by atoms with Gasteiger partial charge in [-0.3, -0.25) is 0 Å². The van der Waals surface area contributed by atoms with Gasteiger partial charge in [-0.05, 0) is 12.3 Å². The Morgan fingerprint density at radius 3 is 2.67 bits per heavy atom. The maximum atomic E-state index is 9.67. The maximum absolute atomic E-state index is 9.67. The van der Waals surface area contributed by atoms with Gasteiger partial charge in [0.2, 0.25) is 0 Å². The quantitative estimate of drug-likeness (QED) is 0.414. The summed E-state index contributed by atoms with van der Waals surface area (Å²) < 4.78 is 4.80. The van der Waals surface area contributed by atoms with Gasteiger partial charge in [-0.25, -0.2) is 0 Å². The van der Waals surface area contributed by atoms with E-state index >= 15 is 0 Å². The maximum Gasteiger partial charge on any atom is 0.151 e. The van der Waals surface area contributed by atoms with Gasteiger partial charge in [0.25, 0.3) is 0 Å². The number of hydrogen-bond donors (Lipinski definition) is 0. The average molecular weight is 129 g/mol. The third-order valence-corrected chi connectivity index (χ3v) is 0.965. The molecule has 0 unspecified atom stereocenters. The summed E-state index contributed by atoms with van der Waals surface area (Å²) in [7, 11) is 0. The minimum absolute atomic E-state index is 0.644. The molecule has 9 heavy (non-hydrogen) atoms. The first-order valence-electron chi connectivity index (χ1n) is 3.16. The van der Waals surface area contributed by atoms with Crippen molar-refractivity contribution in [1.82, 2.24) is 0 Å². The molecule has 0 saturated heterocycles. The summed E-state index contributed by atoms with van der Waals surface area (Å²) in [5, 5.41) is 0. The van der Waals surface area contributed by atoms with E-state index in [4.69, 9.17) is 4.74 Å². The first-order valence-corrected chi connectivity index (χ1v) is 3.16. The monoisotopic (exact) mass is 129 g/mol. The molecule has 0 fully saturated rings. The van der Waals surface area contributed by atoms with Gasteiger partial charge in [-0.2, -0.15) is 0 Å². The molecule has 1 radical (unpaired) electrons. The van der Waals surface area contributed by atoms with Crippen LogP contribution in [-0.4, -0.2) is 12.9 Å². The Labute approximate surface area is 56.2 Å². The van der Waals surface area contributed by atoms with Crippen molar-refractivity contribution < 1.29 is 9.53 Å². The first-order chi connectivity index (χ1) is 4.27. The van der Waals surface area contributed by atoms with Crippen LogP contribution in [0.2, 0.25) is 0 Å². The fourth-order valence-corrected chi connectivity index (χ4v) is 0.411. The second-order valence-electron chi connectivity index (χ2n) is 2.33. The molecule has 53 valence electrons. The van der Waals surface area contributed by atoms with E-state index in [-0.39, 0.29) is 0 Å². The molecule has 0 atom stereocenters. The third-order valence-electron chi connectivity index (χ3n) is 0.965. The van der Waals surface area contributed by atoms with Crippen LogP contribution in [0.3, 0.4) is 0 Å². The van der Waals surface area contributed by atoms with Crippen LogP contribution in [0.25, 0.3) is 0 Å². The van der Waals surface area contributed by atoms with Crippen molar-refractivity contribution in [3.63, 3.8) is 0 Å². The van der Waals surface area contributed by atoms with E-state index in [9.17, 15) is 4.79 Å². The summed E-state index contributed by atoms with van der Waals surface area (Å²) in [6.45, 7) is 6.06. The molecule has 0 aliphatic rings.